The Hall–Kier alpha value is -3.10. The molecule has 0 heterocycles. The first kappa shape index (κ1) is 20.2. The lowest BCUT2D eigenvalue weighted by Crippen LogP contribution is -1.99. The van der Waals surface area contributed by atoms with Crippen LogP contribution in [0.3, 0.4) is 0 Å². The van der Waals surface area contributed by atoms with Crippen LogP contribution in [0.1, 0.15) is 15.9 Å². The van der Waals surface area contributed by atoms with Crippen LogP contribution in [0.25, 0.3) is 6.08 Å². The number of halogens is 1. The number of ketones is 1. The SMILES string of the molecule is C#CCOc1c(Cl)cc(/C=C/C(=O)c2ccc(OC)c(OC)c2)cc1OC. The lowest BCUT2D eigenvalue weighted by molar-refractivity contribution is 0.104. The summed E-state index contributed by atoms with van der Waals surface area (Å²) in [6.45, 7) is 0.0725. The minimum atomic E-state index is -0.196. The van der Waals surface area contributed by atoms with Crippen molar-refractivity contribution < 1.29 is 23.7 Å². The maximum absolute atomic E-state index is 12.4. The fourth-order valence-electron chi connectivity index (χ4n) is 2.35. The van der Waals surface area contributed by atoms with Crippen molar-refractivity contribution in [2.75, 3.05) is 27.9 Å². The largest absolute Gasteiger partial charge is 0.493 e. The molecule has 0 radical (unpaired) electrons. The van der Waals surface area contributed by atoms with Gasteiger partial charge in [-0.3, -0.25) is 4.79 Å². The summed E-state index contributed by atoms with van der Waals surface area (Å²) in [6, 6.07) is 8.33. The third-order valence-electron chi connectivity index (χ3n) is 3.65. The van der Waals surface area contributed by atoms with Crippen molar-refractivity contribution >= 4 is 23.5 Å². The zero-order chi connectivity index (χ0) is 19.8. The number of allylic oxidation sites excluding steroid dienone is 1. The van der Waals surface area contributed by atoms with E-state index in [9.17, 15) is 4.79 Å². The highest BCUT2D eigenvalue weighted by Gasteiger charge is 2.12. The quantitative estimate of drug-likeness (QED) is 0.385. The number of hydrogen-bond acceptors (Lipinski definition) is 5. The summed E-state index contributed by atoms with van der Waals surface area (Å²) in [6.07, 6.45) is 8.27. The molecule has 27 heavy (non-hydrogen) atoms. The van der Waals surface area contributed by atoms with E-state index in [1.54, 1.807) is 36.4 Å². The molecule has 140 valence electrons. The van der Waals surface area contributed by atoms with E-state index in [2.05, 4.69) is 5.92 Å². The predicted molar refractivity (Wildman–Crippen MR) is 105 cm³/mol. The van der Waals surface area contributed by atoms with E-state index in [4.69, 9.17) is 37.0 Å². The van der Waals surface area contributed by atoms with E-state index in [0.29, 0.717) is 39.1 Å². The van der Waals surface area contributed by atoms with Gasteiger partial charge < -0.3 is 18.9 Å². The second kappa shape index (κ2) is 9.56. The van der Waals surface area contributed by atoms with E-state index in [0.717, 1.165) is 0 Å². The number of terminal acetylenes is 1. The van der Waals surface area contributed by atoms with E-state index in [1.165, 1.54) is 27.4 Å². The monoisotopic (exact) mass is 386 g/mol. The molecule has 0 fully saturated rings. The molecule has 0 spiro atoms. The van der Waals surface area contributed by atoms with Crippen LogP contribution in [-0.2, 0) is 0 Å². The van der Waals surface area contributed by atoms with Gasteiger partial charge in [0.1, 0.15) is 6.61 Å². The van der Waals surface area contributed by atoms with Gasteiger partial charge in [0.05, 0.1) is 26.4 Å². The third-order valence-corrected chi connectivity index (χ3v) is 3.93. The van der Waals surface area contributed by atoms with Crippen LogP contribution in [0.4, 0.5) is 0 Å². The summed E-state index contributed by atoms with van der Waals surface area (Å²) in [5.41, 5.74) is 1.15. The molecule has 0 N–H and O–H groups in total. The molecule has 0 aliphatic rings. The van der Waals surface area contributed by atoms with Crippen LogP contribution in [0.5, 0.6) is 23.0 Å². The van der Waals surface area contributed by atoms with Crippen LogP contribution in [0.2, 0.25) is 5.02 Å². The van der Waals surface area contributed by atoms with Crippen LogP contribution >= 0.6 is 11.6 Å². The van der Waals surface area contributed by atoms with Crippen molar-refractivity contribution in [3.63, 3.8) is 0 Å². The highest BCUT2D eigenvalue weighted by Crippen LogP contribution is 2.36. The molecule has 0 aliphatic heterocycles. The third kappa shape index (κ3) is 4.96. The Balaban J connectivity index is 2.26. The van der Waals surface area contributed by atoms with Gasteiger partial charge in [-0.2, -0.15) is 0 Å². The lowest BCUT2D eigenvalue weighted by atomic mass is 10.1. The minimum Gasteiger partial charge on any atom is -0.493 e. The predicted octanol–water partition coefficient (Wildman–Crippen LogP) is 4.27. The summed E-state index contributed by atoms with van der Waals surface area (Å²) in [4.78, 5) is 12.4. The molecule has 0 saturated heterocycles. The van der Waals surface area contributed by atoms with Gasteiger partial charge in [0, 0.05) is 5.56 Å². The first-order valence-electron chi connectivity index (χ1n) is 7.92. The zero-order valence-corrected chi connectivity index (χ0v) is 16.0. The van der Waals surface area contributed by atoms with Gasteiger partial charge in [-0.05, 0) is 42.0 Å². The second-order valence-electron chi connectivity index (χ2n) is 5.29. The lowest BCUT2D eigenvalue weighted by Gasteiger charge is -2.11. The second-order valence-corrected chi connectivity index (χ2v) is 5.70. The van der Waals surface area contributed by atoms with Gasteiger partial charge in [0.25, 0.3) is 0 Å². The van der Waals surface area contributed by atoms with Gasteiger partial charge in [-0.15, -0.1) is 6.42 Å². The average Bonchev–Trinajstić information content (AvgIpc) is 2.70. The molecule has 2 aromatic carbocycles. The molecule has 0 atom stereocenters. The highest BCUT2D eigenvalue weighted by molar-refractivity contribution is 6.32. The van der Waals surface area contributed by atoms with Gasteiger partial charge >= 0.3 is 0 Å². The van der Waals surface area contributed by atoms with E-state index >= 15 is 0 Å². The van der Waals surface area contributed by atoms with Crippen LogP contribution < -0.4 is 18.9 Å². The molecule has 0 unspecified atom stereocenters. The molecule has 0 amide bonds. The van der Waals surface area contributed by atoms with Crippen molar-refractivity contribution in [3.8, 4) is 35.3 Å². The summed E-state index contributed by atoms with van der Waals surface area (Å²) in [5, 5.41) is 0.336. The first-order valence-corrected chi connectivity index (χ1v) is 8.30. The summed E-state index contributed by atoms with van der Waals surface area (Å²) >= 11 is 6.23. The Labute approximate surface area is 163 Å². The summed E-state index contributed by atoms with van der Waals surface area (Å²) < 4.78 is 21.1. The molecule has 2 aromatic rings. The molecule has 0 saturated carbocycles. The normalized spacial score (nSPS) is 10.3. The van der Waals surface area contributed by atoms with Crippen molar-refractivity contribution in [3.05, 3.63) is 52.6 Å². The fraction of sp³-hybridized carbons (Fsp3) is 0.190. The molecule has 2 rings (SSSR count). The Kier molecular flexibility index (Phi) is 7.16. The zero-order valence-electron chi connectivity index (χ0n) is 15.2. The van der Waals surface area contributed by atoms with Crippen LogP contribution in [0, 0.1) is 12.3 Å². The van der Waals surface area contributed by atoms with Gasteiger partial charge in [-0.1, -0.05) is 23.6 Å². The summed E-state index contributed by atoms with van der Waals surface area (Å²) in [5.74, 6) is 4.00. The van der Waals surface area contributed by atoms with E-state index < -0.39 is 0 Å². The number of ether oxygens (including phenoxy) is 4. The number of benzene rings is 2. The number of rotatable bonds is 8. The van der Waals surface area contributed by atoms with E-state index in [-0.39, 0.29) is 12.4 Å². The van der Waals surface area contributed by atoms with Crippen molar-refractivity contribution in [1.29, 1.82) is 0 Å². The van der Waals surface area contributed by atoms with Crippen LogP contribution in [0.15, 0.2) is 36.4 Å². The molecule has 0 aromatic heterocycles. The van der Waals surface area contributed by atoms with E-state index in [1.807, 2.05) is 0 Å². The van der Waals surface area contributed by atoms with Gasteiger partial charge in [-0.25, -0.2) is 0 Å². The average molecular weight is 387 g/mol. The Morgan fingerprint density at radius 3 is 2.41 bits per heavy atom. The maximum Gasteiger partial charge on any atom is 0.185 e. The van der Waals surface area contributed by atoms with Crippen molar-refractivity contribution in [1.82, 2.24) is 0 Å². The number of carbonyl (C=O) groups is 1. The van der Waals surface area contributed by atoms with Crippen LogP contribution in [-0.4, -0.2) is 33.7 Å². The standard InChI is InChI=1S/C21H19ClO5/c1-5-10-27-21-16(22)11-14(12-20(21)26-4)6-8-17(23)15-7-9-18(24-2)19(13-15)25-3/h1,6-9,11-13H,10H2,2-4H3/b8-6+. The molecule has 5 nitrogen and oxygen atoms in total. The smallest absolute Gasteiger partial charge is 0.185 e. The van der Waals surface area contributed by atoms with Gasteiger partial charge in [0.2, 0.25) is 0 Å². The number of methoxy groups -OCH3 is 3. The molecule has 0 bridgehead atoms. The number of carbonyl (C=O) groups excluding carboxylic acids is 1. The number of hydrogen-bond donors (Lipinski definition) is 0. The molecule has 6 heteroatoms. The highest BCUT2D eigenvalue weighted by atomic mass is 35.5. The maximum atomic E-state index is 12.4. The Morgan fingerprint density at radius 2 is 1.78 bits per heavy atom. The fourth-order valence-corrected chi connectivity index (χ4v) is 2.62. The topological polar surface area (TPSA) is 54.0 Å². The molecule has 0 aliphatic carbocycles. The Bertz CT molecular complexity index is 896. The first-order chi connectivity index (χ1) is 13.0. The molecular weight excluding hydrogens is 368 g/mol. The summed E-state index contributed by atoms with van der Waals surface area (Å²) in [7, 11) is 4.55. The van der Waals surface area contributed by atoms with Crippen molar-refractivity contribution in [2.45, 2.75) is 0 Å². The van der Waals surface area contributed by atoms with Crippen molar-refractivity contribution in [2.24, 2.45) is 0 Å². The minimum absolute atomic E-state index is 0.0725. The molecular formula is C21H19ClO5. The van der Waals surface area contributed by atoms with Gasteiger partial charge in [0.15, 0.2) is 28.8 Å². The Morgan fingerprint density at radius 1 is 1.07 bits per heavy atom.